The Labute approximate surface area is 206 Å². The summed E-state index contributed by atoms with van der Waals surface area (Å²) in [5.41, 5.74) is 0.857. The second kappa shape index (κ2) is 12.4. The van der Waals surface area contributed by atoms with Crippen LogP contribution in [0.15, 0.2) is 36.4 Å². The topological polar surface area (TPSA) is 32.3 Å². The number of carbonyl (C=O) groups is 1. The molecule has 0 spiro atoms. The van der Waals surface area contributed by atoms with Gasteiger partial charge in [-0.15, -0.1) is 0 Å². The van der Waals surface area contributed by atoms with Gasteiger partial charge >= 0.3 is 6.18 Å². The van der Waals surface area contributed by atoms with E-state index in [1.807, 2.05) is 26.8 Å². The minimum Gasteiger partial charge on any atom is -0.371 e. The lowest BCUT2D eigenvalue weighted by atomic mass is 9.96. The van der Waals surface area contributed by atoms with E-state index < -0.39 is 30.0 Å². The Kier molecular flexibility index (Phi) is 10.1. The fourth-order valence-electron chi connectivity index (χ4n) is 4.19. The van der Waals surface area contributed by atoms with Crippen molar-refractivity contribution in [1.82, 2.24) is 0 Å². The molecule has 0 bridgehead atoms. The molecule has 2 aromatic carbocycles. The van der Waals surface area contributed by atoms with Gasteiger partial charge in [-0.2, -0.15) is 13.2 Å². The normalized spacial score (nSPS) is 15.6. The van der Waals surface area contributed by atoms with E-state index in [1.54, 1.807) is 25.1 Å². The molecule has 2 aromatic rings. The highest BCUT2D eigenvalue weighted by molar-refractivity contribution is 6.08. The summed E-state index contributed by atoms with van der Waals surface area (Å²) in [7, 11) is 0. The highest BCUT2D eigenvalue weighted by atomic mass is 19.4. The van der Waals surface area contributed by atoms with E-state index in [0.717, 1.165) is 18.1 Å². The Morgan fingerprint density at radius 2 is 1.80 bits per heavy atom. The fraction of sp³-hybridized carbons (Fsp3) is 0.519. The van der Waals surface area contributed by atoms with Gasteiger partial charge in [0.25, 0.3) is 5.91 Å². The molecule has 196 valence electrons. The standard InChI is InChI=1S/C25H29F5N2O.C2H6.H2/c1-3-7-18-15-20(23(33)31-19-9-5-8-17(4-2)14-19)22(16-21(18)25(28,29)30)32-12-6-10-24(26,27)11-13-32;1-2;/h5,8-9,14-16H,3-4,6-7,10-13H2,1-2H3,(H,31,33);1-2H3;1H. The molecule has 1 fully saturated rings. The van der Waals surface area contributed by atoms with Crippen molar-refractivity contribution in [3.63, 3.8) is 0 Å². The van der Waals surface area contributed by atoms with Crippen LogP contribution in [0.1, 0.15) is 81.9 Å². The molecule has 1 saturated heterocycles. The van der Waals surface area contributed by atoms with Crippen LogP contribution in [-0.4, -0.2) is 24.9 Å². The van der Waals surface area contributed by atoms with Crippen molar-refractivity contribution in [2.45, 2.75) is 78.3 Å². The number of aryl methyl sites for hydroxylation is 2. The summed E-state index contributed by atoms with van der Waals surface area (Å²) < 4.78 is 69.4. The maximum Gasteiger partial charge on any atom is 0.416 e. The molecule has 0 aliphatic carbocycles. The van der Waals surface area contributed by atoms with Gasteiger partial charge in [-0.25, -0.2) is 8.78 Å². The maximum atomic E-state index is 13.9. The van der Waals surface area contributed by atoms with Gasteiger partial charge in [0, 0.05) is 33.0 Å². The van der Waals surface area contributed by atoms with E-state index in [9.17, 15) is 26.7 Å². The van der Waals surface area contributed by atoms with E-state index in [-0.39, 0.29) is 50.6 Å². The molecule has 1 aliphatic rings. The van der Waals surface area contributed by atoms with Crippen LogP contribution in [-0.2, 0) is 19.0 Å². The first-order valence-electron chi connectivity index (χ1n) is 12.3. The van der Waals surface area contributed by atoms with Crippen molar-refractivity contribution >= 4 is 17.3 Å². The van der Waals surface area contributed by atoms with Crippen LogP contribution >= 0.6 is 0 Å². The number of anilines is 2. The Morgan fingerprint density at radius 3 is 2.43 bits per heavy atom. The summed E-state index contributed by atoms with van der Waals surface area (Å²) in [4.78, 5) is 14.7. The third-order valence-electron chi connectivity index (χ3n) is 5.94. The van der Waals surface area contributed by atoms with Gasteiger partial charge in [0.1, 0.15) is 0 Å². The Hall–Kier alpha value is -2.64. The maximum absolute atomic E-state index is 13.9. The number of carbonyl (C=O) groups excluding carboxylic acids is 1. The molecule has 3 rings (SSSR count). The highest BCUT2D eigenvalue weighted by Crippen LogP contribution is 2.39. The number of nitrogens with zero attached hydrogens (tertiary/aromatic N) is 1. The Morgan fingerprint density at radius 1 is 1.09 bits per heavy atom. The van der Waals surface area contributed by atoms with Gasteiger partial charge in [-0.05, 0) is 54.7 Å². The molecule has 8 heteroatoms. The third-order valence-corrected chi connectivity index (χ3v) is 5.94. The molecule has 0 atom stereocenters. The quantitative estimate of drug-likeness (QED) is 0.404. The number of hydrogen-bond acceptors (Lipinski definition) is 2. The zero-order valence-electron chi connectivity index (χ0n) is 20.9. The van der Waals surface area contributed by atoms with E-state index >= 15 is 0 Å². The second-order valence-electron chi connectivity index (χ2n) is 8.48. The molecule has 0 unspecified atom stereocenters. The predicted molar refractivity (Wildman–Crippen MR) is 134 cm³/mol. The van der Waals surface area contributed by atoms with Crippen LogP contribution in [0, 0.1) is 0 Å². The van der Waals surface area contributed by atoms with Crippen molar-refractivity contribution in [1.29, 1.82) is 0 Å². The van der Waals surface area contributed by atoms with Crippen molar-refractivity contribution in [3.8, 4) is 0 Å². The van der Waals surface area contributed by atoms with E-state index in [2.05, 4.69) is 5.32 Å². The molecule has 35 heavy (non-hydrogen) atoms. The lowest BCUT2D eigenvalue weighted by molar-refractivity contribution is -0.138. The number of rotatable bonds is 6. The summed E-state index contributed by atoms with van der Waals surface area (Å²) in [6, 6.07) is 9.47. The van der Waals surface area contributed by atoms with Crippen molar-refractivity contribution in [3.05, 3.63) is 58.7 Å². The van der Waals surface area contributed by atoms with E-state index in [1.165, 1.54) is 11.0 Å². The molecule has 0 radical (unpaired) electrons. The smallest absolute Gasteiger partial charge is 0.371 e. The van der Waals surface area contributed by atoms with Gasteiger partial charge in [0.05, 0.1) is 16.8 Å². The predicted octanol–water partition coefficient (Wildman–Crippen LogP) is 8.37. The number of halogens is 5. The molecular weight excluding hydrogens is 463 g/mol. The molecule has 1 N–H and O–H groups in total. The zero-order valence-corrected chi connectivity index (χ0v) is 20.9. The fourth-order valence-corrected chi connectivity index (χ4v) is 4.19. The molecule has 0 aromatic heterocycles. The summed E-state index contributed by atoms with van der Waals surface area (Å²) in [5, 5.41) is 2.78. The van der Waals surface area contributed by atoms with E-state index in [4.69, 9.17) is 0 Å². The third kappa shape index (κ3) is 7.67. The van der Waals surface area contributed by atoms with Crippen molar-refractivity contribution in [2.24, 2.45) is 0 Å². The first-order chi connectivity index (χ1) is 16.5. The number of hydrogen-bond donors (Lipinski definition) is 1. The van der Waals surface area contributed by atoms with Crippen LogP contribution in [0.3, 0.4) is 0 Å². The monoisotopic (exact) mass is 500 g/mol. The zero-order chi connectivity index (χ0) is 26.2. The summed E-state index contributed by atoms with van der Waals surface area (Å²) in [5.74, 6) is -3.42. The van der Waals surface area contributed by atoms with Crippen molar-refractivity contribution < 1.29 is 28.2 Å². The van der Waals surface area contributed by atoms with Gasteiger partial charge in [0.2, 0.25) is 5.92 Å². The number of amides is 1. The minimum absolute atomic E-state index is 0. The van der Waals surface area contributed by atoms with Gasteiger partial charge < -0.3 is 10.2 Å². The van der Waals surface area contributed by atoms with Gasteiger partial charge in [0.15, 0.2) is 0 Å². The van der Waals surface area contributed by atoms with Crippen LogP contribution in [0.2, 0.25) is 0 Å². The minimum atomic E-state index is -4.61. The molecule has 1 heterocycles. The Balaban J connectivity index is 0.00000211. The average molecular weight is 501 g/mol. The van der Waals surface area contributed by atoms with E-state index in [0.29, 0.717) is 12.1 Å². The summed E-state index contributed by atoms with van der Waals surface area (Å²) >= 11 is 0. The first-order valence-corrected chi connectivity index (χ1v) is 12.3. The Bertz CT molecular complexity index is 995. The first kappa shape index (κ1) is 28.6. The SMILES string of the molecule is CC.CCCc1cc(C(=O)Nc2cccc(CC)c2)c(N2CCCC(F)(F)CC2)cc1C(F)(F)F.[HH]. The summed E-state index contributed by atoms with van der Waals surface area (Å²) in [6.07, 6.45) is -3.89. The van der Waals surface area contributed by atoms with Gasteiger partial charge in [-0.1, -0.05) is 46.2 Å². The average Bonchev–Trinajstić information content (AvgIpc) is 3.00. The summed E-state index contributed by atoms with van der Waals surface area (Å²) in [6.45, 7) is 7.77. The largest absolute Gasteiger partial charge is 0.416 e. The van der Waals surface area contributed by atoms with Crippen LogP contribution in [0.4, 0.5) is 33.3 Å². The number of alkyl halides is 5. The molecule has 3 nitrogen and oxygen atoms in total. The van der Waals surface area contributed by atoms with Crippen LogP contribution < -0.4 is 10.2 Å². The van der Waals surface area contributed by atoms with Gasteiger partial charge in [-0.3, -0.25) is 4.79 Å². The number of benzene rings is 2. The second-order valence-corrected chi connectivity index (χ2v) is 8.48. The number of nitrogens with one attached hydrogen (secondary N) is 1. The lowest BCUT2D eigenvalue weighted by Gasteiger charge is -2.27. The van der Waals surface area contributed by atoms with Crippen LogP contribution in [0.5, 0.6) is 0 Å². The molecule has 0 saturated carbocycles. The highest BCUT2D eigenvalue weighted by Gasteiger charge is 2.37. The molecule has 1 amide bonds. The van der Waals surface area contributed by atoms with Crippen molar-refractivity contribution in [2.75, 3.05) is 23.3 Å². The molecular formula is C27H37F5N2O. The molecule has 1 aliphatic heterocycles. The van der Waals surface area contributed by atoms with Crippen LogP contribution in [0.25, 0.3) is 0 Å². The lowest BCUT2D eigenvalue weighted by Crippen LogP contribution is -2.29.